The molecule has 0 radical (unpaired) electrons. The van der Waals surface area contributed by atoms with Crippen LogP contribution in [0.3, 0.4) is 0 Å². The summed E-state index contributed by atoms with van der Waals surface area (Å²) in [5.41, 5.74) is 0. The van der Waals surface area contributed by atoms with Gasteiger partial charge in [0.2, 0.25) is 5.79 Å². The first kappa shape index (κ1) is 13.2. The Labute approximate surface area is 94.9 Å². The molecule has 16 heavy (non-hydrogen) atoms. The molecule has 0 bridgehead atoms. The topological polar surface area (TPSA) is 44.8 Å². The maximum Gasteiger partial charge on any atom is 0.511 e. The van der Waals surface area contributed by atoms with Crippen molar-refractivity contribution in [1.82, 2.24) is 0 Å². The molecule has 0 aromatic rings. The number of ether oxygens (including phenoxy) is 3. The second kappa shape index (κ2) is 5.01. The highest BCUT2D eigenvalue weighted by Crippen LogP contribution is 2.32. The van der Waals surface area contributed by atoms with Gasteiger partial charge in [0, 0.05) is 6.92 Å². The number of thiol groups is 1. The summed E-state index contributed by atoms with van der Waals surface area (Å²) in [6, 6.07) is 0. The maximum absolute atomic E-state index is 13.2. The number of halogens is 2. The fourth-order valence-electron chi connectivity index (χ4n) is 1.01. The number of hydrogen-bond acceptors (Lipinski definition) is 4. The zero-order valence-electron chi connectivity index (χ0n) is 9.25. The summed E-state index contributed by atoms with van der Waals surface area (Å²) in [4.78, 5) is 10.6. The van der Waals surface area contributed by atoms with Gasteiger partial charge in [0.15, 0.2) is 17.6 Å². The molecule has 94 valence electrons. The molecular weight excluding hydrogens is 242 g/mol. The highest BCUT2D eigenvalue weighted by atomic mass is 32.2. The van der Waals surface area contributed by atoms with E-state index in [1.165, 1.54) is 6.92 Å². The average Bonchev–Trinajstić information content (AvgIpc) is 2.54. The van der Waals surface area contributed by atoms with E-state index in [4.69, 9.17) is 4.74 Å². The molecule has 1 aliphatic rings. The second-order valence-electron chi connectivity index (χ2n) is 3.65. The van der Waals surface area contributed by atoms with Gasteiger partial charge < -0.3 is 14.2 Å². The highest BCUT2D eigenvalue weighted by Gasteiger charge is 2.39. The van der Waals surface area contributed by atoms with E-state index in [0.29, 0.717) is 0 Å². The van der Waals surface area contributed by atoms with Crippen LogP contribution in [0.5, 0.6) is 0 Å². The second-order valence-corrected chi connectivity index (χ2v) is 5.83. The smallest absolute Gasteiger partial charge is 0.427 e. The van der Waals surface area contributed by atoms with Crippen LogP contribution >= 0.6 is 10.9 Å². The first-order valence-corrected chi connectivity index (χ1v) is 6.79. The lowest BCUT2D eigenvalue weighted by Gasteiger charge is -2.19. The summed E-state index contributed by atoms with van der Waals surface area (Å²) in [7, 11) is -1.13. The van der Waals surface area contributed by atoms with E-state index in [1.54, 1.807) is 12.5 Å². The van der Waals surface area contributed by atoms with Crippen molar-refractivity contribution >= 4 is 17.1 Å². The van der Waals surface area contributed by atoms with E-state index >= 15 is 0 Å². The van der Waals surface area contributed by atoms with Crippen LogP contribution in [0.25, 0.3) is 0 Å². The summed E-state index contributed by atoms with van der Waals surface area (Å²) in [6.07, 6.45) is 2.30. The SMILES string of the molecule is C[SH](C)/C(F)=C(\F)COC1(C)COC(=O)O1. The minimum absolute atomic E-state index is 0.131. The van der Waals surface area contributed by atoms with E-state index in [2.05, 4.69) is 9.47 Å². The molecule has 7 heteroatoms. The van der Waals surface area contributed by atoms with Crippen LogP contribution in [-0.2, 0) is 14.2 Å². The van der Waals surface area contributed by atoms with Gasteiger partial charge in [-0.25, -0.2) is 20.1 Å². The Kier molecular flexibility index (Phi) is 4.15. The molecule has 1 fully saturated rings. The molecule has 1 aliphatic heterocycles. The number of rotatable bonds is 4. The van der Waals surface area contributed by atoms with Gasteiger partial charge in [-0.15, -0.1) is 0 Å². The molecule has 1 rings (SSSR count). The largest absolute Gasteiger partial charge is 0.511 e. The minimum atomic E-state index is -1.33. The van der Waals surface area contributed by atoms with Crippen molar-refractivity contribution in [3.63, 3.8) is 0 Å². The van der Waals surface area contributed by atoms with Crippen molar-refractivity contribution in [2.24, 2.45) is 0 Å². The van der Waals surface area contributed by atoms with Crippen molar-refractivity contribution in [3.05, 3.63) is 11.0 Å². The van der Waals surface area contributed by atoms with Crippen LogP contribution < -0.4 is 0 Å². The molecular formula is C9H14F2O4S. The van der Waals surface area contributed by atoms with Gasteiger partial charge in [-0.3, -0.25) is 0 Å². The predicted octanol–water partition coefficient (Wildman–Crippen LogP) is 2.25. The molecule has 1 heterocycles. The van der Waals surface area contributed by atoms with Gasteiger partial charge in [-0.2, -0.15) is 4.39 Å². The van der Waals surface area contributed by atoms with Crippen molar-refractivity contribution in [3.8, 4) is 0 Å². The Hall–Kier alpha value is -0.820. The standard InChI is InChI=1S/C9H14F2O4S/c1-9(5-13-8(12)15-9)14-4-6(10)7(11)16(2)3/h16H,4-5H2,1-3H3/b7-6-. The van der Waals surface area contributed by atoms with Crippen LogP contribution in [0.15, 0.2) is 11.0 Å². The lowest BCUT2D eigenvalue weighted by molar-refractivity contribution is -0.162. The normalized spacial score (nSPS) is 27.1. The molecule has 1 saturated heterocycles. The van der Waals surface area contributed by atoms with Gasteiger partial charge in [-0.1, -0.05) is 0 Å². The van der Waals surface area contributed by atoms with E-state index in [0.717, 1.165) is 0 Å². The Balaban J connectivity index is 2.52. The number of hydrogen-bond donors (Lipinski definition) is 1. The highest BCUT2D eigenvalue weighted by molar-refractivity contribution is 8.19. The first-order valence-electron chi connectivity index (χ1n) is 4.55. The molecule has 0 aromatic carbocycles. The van der Waals surface area contributed by atoms with E-state index in [1.807, 2.05) is 0 Å². The zero-order valence-corrected chi connectivity index (χ0v) is 10.1. The van der Waals surface area contributed by atoms with Crippen molar-refractivity contribution in [1.29, 1.82) is 0 Å². The number of cyclic esters (lactones) is 2. The third-order valence-electron chi connectivity index (χ3n) is 1.87. The number of carbonyl (C=O) groups excluding carboxylic acids is 1. The lowest BCUT2D eigenvalue weighted by atomic mass is 10.3. The van der Waals surface area contributed by atoms with Gasteiger partial charge >= 0.3 is 6.16 Å². The Bertz CT molecular complexity index is 319. The fraction of sp³-hybridized carbons (Fsp3) is 0.667. The Morgan fingerprint density at radius 3 is 2.62 bits per heavy atom. The van der Waals surface area contributed by atoms with Gasteiger partial charge in [-0.05, 0) is 12.5 Å². The van der Waals surface area contributed by atoms with Gasteiger partial charge in [0.1, 0.15) is 6.61 Å². The molecule has 1 atom stereocenters. The van der Waals surface area contributed by atoms with Crippen LogP contribution in [0, 0.1) is 0 Å². The minimum Gasteiger partial charge on any atom is -0.427 e. The predicted molar refractivity (Wildman–Crippen MR) is 56.9 cm³/mol. The molecule has 0 N–H and O–H groups in total. The Morgan fingerprint density at radius 2 is 2.19 bits per heavy atom. The lowest BCUT2D eigenvalue weighted by Crippen LogP contribution is -2.31. The average molecular weight is 256 g/mol. The fourth-order valence-corrected chi connectivity index (χ4v) is 1.56. The van der Waals surface area contributed by atoms with Crippen LogP contribution in [0.1, 0.15) is 6.92 Å². The molecule has 0 spiro atoms. The maximum atomic E-state index is 13.2. The van der Waals surface area contributed by atoms with Crippen molar-refractivity contribution in [2.45, 2.75) is 12.7 Å². The molecule has 0 aromatic heterocycles. The molecule has 4 nitrogen and oxygen atoms in total. The van der Waals surface area contributed by atoms with E-state index < -0.39 is 40.4 Å². The summed E-state index contributed by atoms with van der Waals surface area (Å²) in [6.45, 7) is 0.719. The van der Waals surface area contributed by atoms with E-state index in [9.17, 15) is 13.6 Å². The molecule has 0 saturated carbocycles. The van der Waals surface area contributed by atoms with Crippen molar-refractivity contribution < 1.29 is 27.8 Å². The van der Waals surface area contributed by atoms with Crippen LogP contribution in [0.2, 0.25) is 0 Å². The first-order chi connectivity index (χ1) is 7.34. The summed E-state index contributed by atoms with van der Waals surface area (Å²) in [5.74, 6) is -2.31. The quantitative estimate of drug-likeness (QED) is 0.619. The summed E-state index contributed by atoms with van der Waals surface area (Å²) >= 11 is 0. The van der Waals surface area contributed by atoms with Gasteiger partial charge in [0.25, 0.3) is 0 Å². The van der Waals surface area contributed by atoms with Gasteiger partial charge in [0.05, 0.1) is 0 Å². The van der Waals surface area contributed by atoms with E-state index in [-0.39, 0.29) is 6.61 Å². The number of carbonyl (C=O) groups is 1. The Morgan fingerprint density at radius 1 is 1.56 bits per heavy atom. The molecule has 1 unspecified atom stereocenters. The third-order valence-corrected chi connectivity index (χ3v) is 2.90. The third kappa shape index (κ3) is 3.34. The summed E-state index contributed by atoms with van der Waals surface area (Å²) < 4.78 is 40.4. The van der Waals surface area contributed by atoms with Crippen LogP contribution in [0.4, 0.5) is 13.6 Å². The summed E-state index contributed by atoms with van der Waals surface area (Å²) in [5, 5.41) is -0.802. The van der Waals surface area contributed by atoms with Crippen molar-refractivity contribution in [2.75, 3.05) is 25.7 Å². The zero-order chi connectivity index (χ0) is 12.3. The van der Waals surface area contributed by atoms with Crippen LogP contribution in [-0.4, -0.2) is 37.7 Å². The monoisotopic (exact) mass is 256 g/mol. The molecule has 0 aliphatic carbocycles. The molecule has 0 amide bonds.